The third-order valence-corrected chi connectivity index (χ3v) is 2.16. The second-order valence-corrected chi connectivity index (χ2v) is 3.79. The van der Waals surface area contributed by atoms with E-state index in [1.54, 1.807) is 13.1 Å². The molecular formula is C11H15F3N4. The lowest BCUT2D eigenvalue weighted by Gasteiger charge is -2.10. The summed E-state index contributed by atoms with van der Waals surface area (Å²) < 4.78 is 36.0. The quantitative estimate of drug-likeness (QED) is 0.671. The molecule has 7 heteroatoms. The van der Waals surface area contributed by atoms with Crippen LogP contribution in [-0.4, -0.2) is 28.5 Å². The Hall–Kier alpha value is -1.66. The van der Waals surface area contributed by atoms with Gasteiger partial charge in [-0.25, -0.2) is 9.97 Å². The number of nitrogens with zero attached hydrogens (tertiary/aromatic N) is 3. The normalized spacial score (nSPS) is 12.7. The predicted octanol–water partition coefficient (Wildman–Crippen LogP) is 2.74. The van der Waals surface area contributed by atoms with E-state index in [2.05, 4.69) is 20.3 Å². The highest BCUT2D eigenvalue weighted by Gasteiger charge is 2.26. The van der Waals surface area contributed by atoms with Gasteiger partial charge in [0.25, 0.3) is 0 Å². The van der Waals surface area contributed by atoms with Crippen LogP contribution in [0.5, 0.6) is 0 Å². The number of hydrogen-bond donors (Lipinski definition) is 1. The maximum atomic E-state index is 12.0. The van der Waals surface area contributed by atoms with Crippen molar-refractivity contribution in [2.45, 2.75) is 33.4 Å². The molecule has 1 heterocycles. The zero-order valence-electron chi connectivity index (χ0n) is 10.5. The first-order valence-corrected chi connectivity index (χ1v) is 5.49. The first-order chi connectivity index (χ1) is 8.31. The summed E-state index contributed by atoms with van der Waals surface area (Å²) in [5, 5.41) is 2.77. The Labute approximate surface area is 103 Å². The first-order valence-electron chi connectivity index (χ1n) is 5.49. The molecule has 0 aliphatic rings. The number of aromatic nitrogens is 2. The van der Waals surface area contributed by atoms with Gasteiger partial charge in [0.05, 0.1) is 5.84 Å². The van der Waals surface area contributed by atoms with Gasteiger partial charge in [0.2, 0.25) is 0 Å². The molecule has 0 aliphatic carbocycles. The molecule has 0 spiro atoms. The van der Waals surface area contributed by atoms with Gasteiger partial charge < -0.3 is 5.32 Å². The van der Waals surface area contributed by atoms with E-state index < -0.39 is 12.7 Å². The summed E-state index contributed by atoms with van der Waals surface area (Å²) in [6.45, 7) is 3.91. The lowest BCUT2D eigenvalue weighted by molar-refractivity contribution is -0.118. The van der Waals surface area contributed by atoms with E-state index in [1.165, 1.54) is 6.92 Å². The fourth-order valence-electron chi connectivity index (χ4n) is 1.28. The van der Waals surface area contributed by atoms with Crippen LogP contribution in [0, 0.1) is 6.92 Å². The van der Waals surface area contributed by atoms with E-state index in [9.17, 15) is 13.2 Å². The minimum atomic E-state index is -4.29. The summed E-state index contributed by atoms with van der Waals surface area (Å²) in [6, 6.07) is 0. The molecule has 1 rings (SSSR count). The van der Waals surface area contributed by atoms with Crippen LogP contribution >= 0.6 is 0 Å². The van der Waals surface area contributed by atoms with Crippen LogP contribution in [0.2, 0.25) is 0 Å². The molecule has 0 unspecified atom stereocenters. The fourth-order valence-corrected chi connectivity index (χ4v) is 1.28. The highest BCUT2D eigenvalue weighted by Crippen LogP contribution is 2.15. The number of anilines is 1. The molecule has 4 nitrogen and oxygen atoms in total. The van der Waals surface area contributed by atoms with Crippen LogP contribution in [0.25, 0.3) is 0 Å². The molecule has 0 atom stereocenters. The van der Waals surface area contributed by atoms with Gasteiger partial charge in [-0.3, -0.25) is 4.99 Å². The van der Waals surface area contributed by atoms with Gasteiger partial charge in [-0.1, -0.05) is 6.92 Å². The van der Waals surface area contributed by atoms with Crippen LogP contribution < -0.4 is 5.32 Å². The van der Waals surface area contributed by atoms with Gasteiger partial charge in [-0.05, 0) is 20.3 Å². The Bertz CT molecular complexity index is 440. The molecule has 0 amide bonds. The molecule has 0 aliphatic heterocycles. The zero-order valence-corrected chi connectivity index (χ0v) is 10.5. The van der Waals surface area contributed by atoms with E-state index in [1.807, 2.05) is 6.92 Å². The van der Waals surface area contributed by atoms with Crippen molar-refractivity contribution in [2.75, 3.05) is 11.9 Å². The van der Waals surface area contributed by atoms with Gasteiger partial charge in [0, 0.05) is 11.8 Å². The Morgan fingerprint density at radius 3 is 2.67 bits per heavy atom. The van der Waals surface area contributed by atoms with E-state index in [0.29, 0.717) is 18.1 Å². The Kier molecular flexibility index (Phi) is 4.63. The Morgan fingerprint density at radius 2 is 2.11 bits per heavy atom. The molecule has 0 fully saturated rings. The molecule has 1 aromatic rings. The Morgan fingerprint density at radius 1 is 1.44 bits per heavy atom. The number of alkyl halides is 3. The highest BCUT2D eigenvalue weighted by molar-refractivity contribution is 5.93. The van der Waals surface area contributed by atoms with Gasteiger partial charge >= 0.3 is 6.18 Å². The topological polar surface area (TPSA) is 50.2 Å². The van der Waals surface area contributed by atoms with Crippen molar-refractivity contribution in [3.05, 3.63) is 17.6 Å². The fraction of sp³-hybridized carbons (Fsp3) is 0.545. The molecule has 0 aromatic carbocycles. The van der Waals surface area contributed by atoms with Crippen molar-refractivity contribution in [3.8, 4) is 0 Å². The summed E-state index contributed by atoms with van der Waals surface area (Å²) in [7, 11) is 0. The number of hydrogen-bond acceptors (Lipinski definition) is 3. The van der Waals surface area contributed by atoms with Crippen LogP contribution in [0.3, 0.4) is 0 Å². The largest absolute Gasteiger partial charge is 0.408 e. The second-order valence-electron chi connectivity index (χ2n) is 3.79. The average molecular weight is 260 g/mol. The lowest BCUT2D eigenvalue weighted by atomic mass is 10.2. The van der Waals surface area contributed by atoms with Crippen molar-refractivity contribution in [2.24, 2.45) is 4.99 Å². The second kappa shape index (κ2) is 5.79. The Balaban J connectivity index is 2.81. The number of rotatable bonds is 3. The van der Waals surface area contributed by atoms with Gasteiger partial charge in [0.1, 0.15) is 18.2 Å². The molecular weight excluding hydrogens is 245 g/mol. The number of aryl methyl sites for hydroxylation is 2. The minimum absolute atomic E-state index is 0.181. The molecule has 18 heavy (non-hydrogen) atoms. The lowest BCUT2D eigenvalue weighted by Crippen LogP contribution is -2.17. The summed E-state index contributed by atoms with van der Waals surface area (Å²) >= 11 is 0. The van der Waals surface area contributed by atoms with E-state index in [-0.39, 0.29) is 5.84 Å². The van der Waals surface area contributed by atoms with E-state index >= 15 is 0 Å². The summed E-state index contributed by atoms with van der Waals surface area (Å²) in [6.07, 6.45) is -1.95. The number of halogens is 3. The maximum absolute atomic E-state index is 12.0. The molecule has 1 aromatic heterocycles. The highest BCUT2D eigenvalue weighted by atomic mass is 19.4. The standard InChI is InChI=1S/C11H15F3N4/c1-4-9-5-15-7(2)17-10(9)18-8(3)16-6-11(12,13)14/h5H,4,6H2,1-3H3,(H,15,16,17,18). The molecule has 0 saturated carbocycles. The number of amidine groups is 1. The van der Waals surface area contributed by atoms with Gasteiger partial charge in [-0.15, -0.1) is 0 Å². The average Bonchev–Trinajstić information content (AvgIpc) is 2.26. The first kappa shape index (κ1) is 14.4. The van der Waals surface area contributed by atoms with Crippen molar-refractivity contribution in [1.29, 1.82) is 0 Å². The van der Waals surface area contributed by atoms with Crippen LogP contribution in [0.15, 0.2) is 11.2 Å². The monoisotopic (exact) mass is 260 g/mol. The number of aliphatic imine (C=N–C) groups is 1. The van der Waals surface area contributed by atoms with E-state index in [0.717, 1.165) is 5.56 Å². The minimum Gasteiger partial charge on any atom is -0.329 e. The van der Waals surface area contributed by atoms with Gasteiger partial charge in [0.15, 0.2) is 0 Å². The van der Waals surface area contributed by atoms with Crippen LogP contribution in [0.4, 0.5) is 19.0 Å². The third-order valence-electron chi connectivity index (χ3n) is 2.16. The summed E-state index contributed by atoms with van der Waals surface area (Å²) in [4.78, 5) is 11.6. The van der Waals surface area contributed by atoms with Crippen molar-refractivity contribution in [1.82, 2.24) is 9.97 Å². The van der Waals surface area contributed by atoms with Crippen molar-refractivity contribution < 1.29 is 13.2 Å². The zero-order chi connectivity index (χ0) is 13.8. The third kappa shape index (κ3) is 4.68. The van der Waals surface area contributed by atoms with Crippen molar-refractivity contribution in [3.63, 3.8) is 0 Å². The smallest absolute Gasteiger partial charge is 0.329 e. The van der Waals surface area contributed by atoms with E-state index in [4.69, 9.17) is 0 Å². The van der Waals surface area contributed by atoms with Crippen LogP contribution in [0.1, 0.15) is 25.2 Å². The SMILES string of the molecule is CCc1cnc(C)nc1NC(C)=NCC(F)(F)F. The van der Waals surface area contributed by atoms with Gasteiger partial charge in [-0.2, -0.15) is 13.2 Å². The molecule has 0 radical (unpaired) electrons. The summed E-state index contributed by atoms with van der Waals surface area (Å²) in [5.41, 5.74) is 0.835. The predicted molar refractivity (Wildman–Crippen MR) is 63.8 cm³/mol. The molecule has 100 valence electrons. The molecule has 0 bridgehead atoms. The maximum Gasteiger partial charge on any atom is 0.408 e. The molecule has 1 N–H and O–H groups in total. The number of nitrogens with one attached hydrogen (secondary N) is 1. The molecule has 0 saturated heterocycles. The van der Waals surface area contributed by atoms with Crippen LogP contribution in [-0.2, 0) is 6.42 Å². The van der Waals surface area contributed by atoms with Crippen molar-refractivity contribution >= 4 is 11.7 Å². The summed E-state index contributed by atoms with van der Waals surface area (Å²) in [5.74, 6) is 1.24.